The Morgan fingerprint density at radius 3 is 2.21 bits per heavy atom. The van der Waals surface area contributed by atoms with E-state index in [1.807, 2.05) is 6.07 Å². The minimum atomic E-state index is -4.29. The molecule has 0 bridgehead atoms. The van der Waals surface area contributed by atoms with Gasteiger partial charge in [0.15, 0.2) is 0 Å². The zero-order chi connectivity index (χ0) is 17.6. The zero-order valence-corrected chi connectivity index (χ0v) is 13.1. The molecule has 7 nitrogen and oxygen atoms in total. The van der Waals surface area contributed by atoms with Gasteiger partial charge in [0.25, 0.3) is 16.0 Å². The van der Waals surface area contributed by atoms with E-state index in [1.165, 1.54) is 18.3 Å². The Bertz CT molecular complexity index is 899. The lowest BCUT2D eigenvalue weighted by molar-refractivity contribution is -0.112. The van der Waals surface area contributed by atoms with E-state index >= 15 is 0 Å². The van der Waals surface area contributed by atoms with E-state index < -0.39 is 16.0 Å². The van der Waals surface area contributed by atoms with E-state index in [2.05, 4.69) is 10.6 Å². The molecule has 0 unspecified atom stereocenters. The number of para-hydroxylation sites is 1. The molecule has 0 heterocycles. The Labute approximate surface area is 139 Å². The van der Waals surface area contributed by atoms with Gasteiger partial charge < -0.3 is 10.6 Å². The molecule has 3 N–H and O–H groups in total. The summed E-state index contributed by atoms with van der Waals surface area (Å²) < 4.78 is 30.8. The summed E-state index contributed by atoms with van der Waals surface area (Å²) in [6.45, 7) is 0. The van der Waals surface area contributed by atoms with Gasteiger partial charge in [0, 0.05) is 17.6 Å². The Kier molecular flexibility index (Phi) is 5.31. The van der Waals surface area contributed by atoms with Crippen LogP contribution in [0.1, 0.15) is 0 Å². The number of benzene rings is 2. The molecular weight excluding hydrogens is 330 g/mol. The molecular formula is C16H13N3O4S. The van der Waals surface area contributed by atoms with Gasteiger partial charge in [0.2, 0.25) is 0 Å². The van der Waals surface area contributed by atoms with E-state index in [-0.39, 0.29) is 16.2 Å². The van der Waals surface area contributed by atoms with E-state index in [1.54, 1.807) is 30.3 Å². The smallest absolute Gasteiger partial charge is 0.294 e. The molecule has 0 saturated carbocycles. The van der Waals surface area contributed by atoms with Crippen LogP contribution in [0.5, 0.6) is 0 Å². The van der Waals surface area contributed by atoms with Crippen molar-refractivity contribution in [1.82, 2.24) is 0 Å². The molecule has 24 heavy (non-hydrogen) atoms. The van der Waals surface area contributed by atoms with Crippen molar-refractivity contribution in [1.29, 1.82) is 5.26 Å². The van der Waals surface area contributed by atoms with Crippen LogP contribution in [-0.4, -0.2) is 18.9 Å². The van der Waals surface area contributed by atoms with Crippen LogP contribution in [0.2, 0.25) is 0 Å². The lowest BCUT2D eigenvalue weighted by Gasteiger charge is -2.06. The Hall–Kier alpha value is -3.15. The number of hydrogen-bond donors (Lipinski definition) is 3. The minimum Gasteiger partial charge on any atom is -0.360 e. The number of anilines is 2. The predicted octanol–water partition coefficient (Wildman–Crippen LogP) is 2.39. The first-order chi connectivity index (χ1) is 11.4. The lowest BCUT2D eigenvalue weighted by Crippen LogP contribution is -2.14. The number of nitrogens with zero attached hydrogens (tertiary/aromatic N) is 1. The maximum Gasteiger partial charge on any atom is 0.294 e. The van der Waals surface area contributed by atoms with Crippen molar-refractivity contribution in [3.05, 3.63) is 66.4 Å². The molecule has 0 aliphatic rings. The molecule has 0 aromatic heterocycles. The highest BCUT2D eigenvalue weighted by Crippen LogP contribution is 2.14. The molecule has 2 aromatic rings. The molecule has 0 aliphatic heterocycles. The van der Waals surface area contributed by atoms with Crippen molar-refractivity contribution in [2.75, 3.05) is 10.6 Å². The molecule has 0 aliphatic carbocycles. The van der Waals surface area contributed by atoms with Gasteiger partial charge in [-0.25, -0.2) is 0 Å². The second-order valence-corrected chi connectivity index (χ2v) is 6.06. The number of amides is 1. The third-order valence-electron chi connectivity index (χ3n) is 2.93. The summed E-state index contributed by atoms with van der Waals surface area (Å²) in [6, 6.07) is 15.7. The summed E-state index contributed by atoms with van der Waals surface area (Å²) in [5.41, 5.74) is 0.849. The number of hydrogen-bond acceptors (Lipinski definition) is 5. The van der Waals surface area contributed by atoms with Gasteiger partial charge in [0.05, 0.1) is 4.90 Å². The first-order valence-corrected chi connectivity index (χ1v) is 8.15. The third-order valence-corrected chi connectivity index (χ3v) is 3.80. The van der Waals surface area contributed by atoms with Crippen LogP contribution >= 0.6 is 0 Å². The second kappa shape index (κ2) is 7.41. The van der Waals surface area contributed by atoms with Crippen LogP contribution in [0, 0.1) is 11.3 Å². The SMILES string of the molecule is N#C/C(=C/Nc1ccccc1)C(=O)Nc1ccc(S(=O)(=O)O)cc1. The normalized spacial score (nSPS) is 11.4. The van der Waals surface area contributed by atoms with E-state index in [0.29, 0.717) is 0 Å². The Morgan fingerprint density at radius 2 is 1.67 bits per heavy atom. The fourth-order valence-electron chi connectivity index (χ4n) is 1.75. The highest BCUT2D eigenvalue weighted by Gasteiger charge is 2.11. The van der Waals surface area contributed by atoms with Crippen LogP contribution in [0.15, 0.2) is 71.3 Å². The average molecular weight is 343 g/mol. The van der Waals surface area contributed by atoms with E-state index in [0.717, 1.165) is 17.8 Å². The standard InChI is InChI=1S/C16H13N3O4S/c17-10-12(11-18-13-4-2-1-3-5-13)16(20)19-14-6-8-15(9-7-14)24(21,22)23/h1-9,11,18H,(H,19,20)(H,21,22,23)/b12-11-. The minimum absolute atomic E-state index is 0.155. The van der Waals surface area contributed by atoms with Gasteiger partial charge in [-0.15, -0.1) is 0 Å². The summed E-state index contributed by atoms with van der Waals surface area (Å²) in [4.78, 5) is 11.7. The van der Waals surface area contributed by atoms with E-state index in [4.69, 9.17) is 9.81 Å². The van der Waals surface area contributed by atoms with Crippen molar-refractivity contribution in [2.24, 2.45) is 0 Å². The molecule has 0 fully saturated rings. The number of nitriles is 1. The summed E-state index contributed by atoms with van der Waals surface area (Å²) in [6.07, 6.45) is 1.28. The van der Waals surface area contributed by atoms with Gasteiger partial charge in [-0.2, -0.15) is 13.7 Å². The maximum atomic E-state index is 12.0. The zero-order valence-electron chi connectivity index (χ0n) is 12.3. The predicted molar refractivity (Wildman–Crippen MR) is 88.6 cm³/mol. The van der Waals surface area contributed by atoms with Crippen molar-refractivity contribution >= 4 is 27.4 Å². The summed E-state index contributed by atoms with van der Waals surface area (Å²) in [5.74, 6) is -0.652. The second-order valence-electron chi connectivity index (χ2n) is 4.63. The molecule has 0 saturated heterocycles. The fourth-order valence-corrected chi connectivity index (χ4v) is 2.23. The lowest BCUT2D eigenvalue weighted by atomic mass is 10.2. The largest absolute Gasteiger partial charge is 0.360 e. The molecule has 2 rings (SSSR count). The highest BCUT2D eigenvalue weighted by atomic mass is 32.2. The highest BCUT2D eigenvalue weighted by molar-refractivity contribution is 7.85. The molecule has 0 spiro atoms. The Morgan fingerprint density at radius 1 is 1.04 bits per heavy atom. The van der Waals surface area contributed by atoms with Crippen molar-refractivity contribution < 1.29 is 17.8 Å². The van der Waals surface area contributed by atoms with Gasteiger partial charge >= 0.3 is 0 Å². The topological polar surface area (TPSA) is 119 Å². The van der Waals surface area contributed by atoms with Crippen LogP contribution in [0.4, 0.5) is 11.4 Å². The van der Waals surface area contributed by atoms with Crippen LogP contribution in [0.3, 0.4) is 0 Å². The number of carbonyl (C=O) groups excluding carboxylic acids is 1. The van der Waals surface area contributed by atoms with Crippen molar-refractivity contribution in [3.63, 3.8) is 0 Å². The van der Waals surface area contributed by atoms with Crippen molar-refractivity contribution in [2.45, 2.75) is 4.90 Å². The molecule has 0 radical (unpaired) electrons. The fraction of sp³-hybridized carbons (Fsp3) is 0. The number of nitrogens with one attached hydrogen (secondary N) is 2. The van der Waals surface area contributed by atoms with Gasteiger partial charge in [-0.3, -0.25) is 9.35 Å². The molecule has 0 atom stereocenters. The van der Waals surface area contributed by atoms with Gasteiger partial charge in [-0.05, 0) is 36.4 Å². The third kappa shape index (κ3) is 4.67. The molecule has 8 heteroatoms. The average Bonchev–Trinajstić information content (AvgIpc) is 2.56. The molecule has 1 amide bonds. The molecule has 122 valence electrons. The van der Waals surface area contributed by atoms with Gasteiger partial charge in [-0.1, -0.05) is 18.2 Å². The molecule has 2 aromatic carbocycles. The first kappa shape index (κ1) is 17.2. The van der Waals surface area contributed by atoms with Crippen LogP contribution < -0.4 is 10.6 Å². The van der Waals surface area contributed by atoms with Crippen molar-refractivity contribution in [3.8, 4) is 6.07 Å². The summed E-state index contributed by atoms with van der Waals surface area (Å²) in [5, 5.41) is 14.4. The Balaban J connectivity index is 2.08. The summed E-state index contributed by atoms with van der Waals surface area (Å²) in [7, 11) is -4.29. The maximum absolute atomic E-state index is 12.0. The van der Waals surface area contributed by atoms with E-state index in [9.17, 15) is 13.2 Å². The summed E-state index contributed by atoms with van der Waals surface area (Å²) >= 11 is 0. The first-order valence-electron chi connectivity index (χ1n) is 6.71. The quantitative estimate of drug-likeness (QED) is 0.436. The number of rotatable bonds is 5. The monoisotopic (exact) mass is 343 g/mol. The van der Waals surface area contributed by atoms with Crippen LogP contribution in [0.25, 0.3) is 0 Å². The van der Waals surface area contributed by atoms with Gasteiger partial charge in [0.1, 0.15) is 11.6 Å². The van der Waals surface area contributed by atoms with Crippen LogP contribution in [-0.2, 0) is 14.9 Å². The number of carbonyl (C=O) groups is 1.